The quantitative estimate of drug-likeness (QED) is 0.303. The van der Waals surface area contributed by atoms with Gasteiger partial charge in [0.05, 0.1) is 0 Å². The Morgan fingerprint density at radius 1 is 0.636 bits per heavy atom. The van der Waals surface area contributed by atoms with E-state index in [2.05, 4.69) is 48.5 Å². The highest BCUT2D eigenvalue weighted by Gasteiger charge is 2.16. The van der Waals surface area contributed by atoms with Crippen LogP contribution in [0.1, 0.15) is 119 Å². The van der Waals surface area contributed by atoms with E-state index in [9.17, 15) is 0 Å². The van der Waals surface area contributed by atoms with Crippen molar-refractivity contribution in [1.29, 1.82) is 0 Å². The average molecular weight is 311 g/mol. The van der Waals surface area contributed by atoms with Crippen molar-refractivity contribution in [1.82, 2.24) is 0 Å². The van der Waals surface area contributed by atoms with Gasteiger partial charge in [0.1, 0.15) is 0 Å². The van der Waals surface area contributed by atoms with Gasteiger partial charge in [-0.1, -0.05) is 106 Å². The Hall–Kier alpha value is 0. The summed E-state index contributed by atoms with van der Waals surface area (Å²) in [6.45, 7) is 16.8. The zero-order valence-electron chi connectivity index (χ0n) is 17.0. The highest BCUT2D eigenvalue weighted by molar-refractivity contribution is 4.68. The van der Waals surface area contributed by atoms with Crippen molar-refractivity contribution < 1.29 is 0 Å². The second kappa shape index (κ2) is 12.4. The van der Waals surface area contributed by atoms with Crippen LogP contribution >= 0.6 is 0 Å². The van der Waals surface area contributed by atoms with Crippen molar-refractivity contribution in [2.24, 2.45) is 23.2 Å². The Morgan fingerprint density at radius 3 is 1.55 bits per heavy atom. The first kappa shape index (κ1) is 22.0. The predicted molar refractivity (Wildman–Crippen MR) is 103 cm³/mol. The maximum Gasteiger partial charge on any atom is -0.0354 e. The Bertz CT molecular complexity index is 238. The van der Waals surface area contributed by atoms with E-state index < -0.39 is 0 Å². The lowest BCUT2D eigenvalue weighted by atomic mass is 9.81. The summed E-state index contributed by atoms with van der Waals surface area (Å²) >= 11 is 0. The molecule has 0 fully saturated rings. The molecule has 0 rings (SSSR count). The van der Waals surface area contributed by atoms with Gasteiger partial charge in [0, 0.05) is 0 Å². The van der Waals surface area contributed by atoms with Gasteiger partial charge < -0.3 is 0 Å². The van der Waals surface area contributed by atoms with Gasteiger partial charge in [0.25, 0.3) is 0 Å². The van der Waals surface area contributed by atoms with Gasteiger partial charge in [0.2, 0.25) is 0 Å². The van der Waals surface area contributed by atoms with Crippen LogP contribution in [-0.2, 0) is 0 Å². The highest BCUT2D eigenvalue weighted by Crippen LogP contribution is 2.30. The first-order valence-electron chi connectivity index (χ1n) is 10.3. The fraction of sp³-hybridized carbons (Fsp3) is 1.00. The van der Waals surface area contributed by atoms with Crippen LogP contribution in [0.25, 0.3) is 0 Å². The minimum Gasteiger partial charge on any atom is -0.0654 e. The van der Waals surface area contributed by atoms with Crippen LogP contribution in [0.2, 0.25) is 0 Å². The number of hydrogen-bond donors (Lipinski definition) is 0. The van der Waals surface area contributed by atoms with Crippen molar-refractivity contribution in [2.45, 2.75) is 119 Å². The van der Waals surface area contributed by atoms with E-state index >= 15 is 0 Å². The fourth-order valence-corrected chi connectivity index (χ4v) is 3.71. The van der Waals surface area contributed by atoms with Crippen molar-refractivity contribution >= 4 is 0 Å². The molecule has 0 amide bonds. The van der Waals surface area contributed by atoms with Crippen molar-refractivity contribution in [3.05, 3.63) is 0 Å². The Labute approximate surface area is 142 Å². The molecule has 0 aromatic heterocycles. The molecule has 0 heterocycles. The van der Waals surface area contributed by atoms with Gasteiger partial charge >= 0.3 is 0 Å². The molecular weight excluding hydrogens is 264 g/mol. The highest BCUT2D eigenvalue weighted by atomic mass is 14.2. The third-order valence-electron chi connectivity index (χ3n) is 5.35. The molecule has 2 atom stereocenters. The molecule has 0 heteroatoms. The molecule has 0 aromatic rings. The smallest absolute Gasteiger partial charge is 0.0354 e. The van der Waals surface area contributed by atoms with Gasteiger partial charge in [0.15, 0.2) is 0 Å². The fourth-order valence-electron chi connectivity index (χ4n) is 3.71. The molecule has 0 aliphatic rings. The average Bonchev–Trinajstić information content (AvgIpc) is 2.37. The standard InChI is InChI=1S/C22H46/c1-8-17-22(6,7)18-11-16-21(5)15-10-14-20(4)13-9-12-19(2)3/h19-21H,8-18H2,1-7H3. The summed E-state index contributed by atoms with van der Waals surface area (Å²) in [5.74, 6) is 2.75. The third kappa shape index (κ3) is 13.6. The van der Waals surface area contributed by atoms with Gasteiger partial charge in [-0.25, -0.2) is 0 Å². The lowest BCUT2D eigenvalue weighted by Gasteiger charge is -2.24. The van der Waals surface area contributed by atoms with Gasteiger partial charge in [-0.15, -0.1) is 0 Å². The summed E-state index contributed by atoms with van der Waals surface area (Å²) < 4.78 is 0. The van der Waals surface area contributed by atoms with Crippen LogP contribution in [0, 0.1) is 23.2 Å². The van der Waals surface area contributed by atoms with Crippen LogP contribution in [-0.4, -0.2) is 0 Å². The summed E-state index contributed by atoms with van der Waals surface area (Å²) in [6.07, 6.45) is 15.6. The minimum atomic E-state index is 0.569. The van der Waals surface area contributed by atoms with Crippen molar-refractivity contribution in [3.8, 4) is 0 Å². The van der Waals surface area contributed by atoms with E-state index in [0.29, 0.717) is 5.41 Å². The van der Waals surface area contributed by atoms with Gasteiger partial charge in [-0.2, -0.15) is 0 Å². The van der Waals surface area contributed by atoms with Crippen LogP contribution < -0.4 is 0 Å². The molecule has 0 radical (unpaired) electrons. The normalized spacial score (nSPS) is 15.3. The molecular formula is C22H46. The first-order chi connectivity index (χ1) is 10.3. The van der Waals surface area contributed by atoms with Crippen LogP contribution in [0.3, 0.4) is 0 Å². The topological polar surface area (TPSA) is 0 Å². The lowest BCUT2D eigenvalue weighted by molar-refractivity contribution is 0.280. The second-order valence-corrected chi connectivity index (χ2v) is 9.27. The summed E-state index contributed by atoms with van der Waals surface area (Å²) in [5.41, 5.74) is 0.569. The molecule has 0 aliphatic carbocycles. The van der Waals surface area contributed by atoms with Crippen LogP contribution in [0.5, 0.6) is 0 Å². The molecule has 0 N–H and O–H groups in total. The van der Waals surface area contributed by atoms with Crippen LogP contribution in [0.4, 0.5) is 0 Å². The zero-order chi connectivity index (χ0) is 17.0. The number of hydrogen-bond acceptors (Lipinski definition) is 0. The molecule has 0 spiro atoms. The Balaban J connectivity index is 3.58. The van der Waals surface area contributed by atoms with E-state index in [-0.39, 0.29) is 0 Å². The molecule has 0 aromatic carbocycles. The van der Waals surface area contributed by atoms with E-state index in [1.165, 1.54) is 70.6 Å². The predicted octanol–water partition coefficient (Wildman–Crippen LogP) is 8.25. The molecule has 134 valence electrons. The molecule has 2 unspecified atom stereocenters. The van der Waals surface area contributed by atoms with Crippen molar-refractivity contribution in [3.63, 3.8) is 0 Å². The van der Waals surface area contributed by atoms with Gasteiger partial charge in [-0.3, -0.25) is 0 Å². The van der Waals surface area contributed by atoms with E-state index in [0.717, 1.165) is 17.8 Å². The largest absolute Gasteiger partial charge is 0.0654 e. The zero-order valence-corrected chi connectivity index (χ0v) is 17.0. The lowest BCUT2D eigenvalue weighted by Crippen LogP contribution is -2.11. The third-order valence-corrected chi connectivity index (χ3v) is 5.35. The molecule has 22 heavy (non-hydrogen) atoms. The van der Waals surface area contributed by atoms with Crippen LogP contribution in [0.15, 0.2) is 0 Å². The summed E-state index contributed by atoms with van der Waals surface area (Å²) in [6, 6.07) is 0. The SMILES string of the molecule is CCCC(C)(C)CCCC(C)CCCC(C)CCCC(C)C. The molecule has 0 bridgehead atoms. The maximum atomic E-state index is 2.47. The first-order valence-corrected chi connectivity index (χ1v) is 10.3. The van der Waals surface area contributed by atoms with Gasteiger partial charge in [-0.05, 0) is 36.0 Å². The molecule has 0 aliphatic heterocycles. The summed E-state index contributed by atoms with van der Waals surface area (Å²) in [5, 5.41) is 0. The molecule has 0 saturated carbocycles. The van der Waals surface area contributed by atoms with E-state index in [1.807, 2.05) is 0 Å². The van der Waals surface area contributed by atoms with E-state index in [4.69, 9.17) is 0 Å². The monoisotopic (exact) mass is 310 g/mol. The molecule has 0 nitrogen and oxygen atoms in total. The second-order valence-electron chi connectivity index (χ2n) is 9.27. The number of rotatable bonds is 14. The Morgan fingerprint density at radius 2 is 1.09 bits per heavy atom. The van der Waals surface area contributed by atoms with Crippen molar-refractivity contribution in [2.75, 3.05) is 0 Å². The minimum absolute atomic E-state index is 0.569. The summed E-state index contributed by atoms with van der Waals surface area (Å²) in [4.78, 5) is 0. The van der Waals surface area contributed by atoms with E-state index in [1.54, 1.807) is 0 Å². The maximum absolute atomic E-state index is 2.47. The Kier molecular flexibility index (Phi) is 12.4. The summed E-state index contributed by atoms with van der Waals surface area (Å²) in [7, 11) is 0. The molecule has 0 saturated heterocycles.